The summed E-state index contributed by atoms with van der Waals surface area (Å²) in [6, 6.07) is 11.1. The Balaban J connectivity index is 1.60. The van der Waals surface area contributed by atoms with Crippen LogP contribution in [0.5, 0.6) is 5.75 Å². The lowest BCUT2D eigenvalue weighted by Gasteiger charge is -2.22. The second kappa shape index (κ2) is 7.21. The average Bonchev–Trinajstić information content (AvgIpc) is 3.31. The van der Waals surface area contributed by atoms with Crippen LogP contribution in [0.2, 0.25) is 0 Å². The Bertz CT molecular complexity index is 707. The Hall–Kier alpha value is -2.76. The largest absolute Gasteiger partial charge is 0.497 e. The third-order valence-electron chi connectivity index (χ3n) is 3.98. The van der Waals surface area contributed by atoms with Gasteiger partial charge in [-0.25, -0.2) is 0 Å². The van der Waals surface area contributed by atoms with Crippen molar-refractivity contribution in [3.8, 4) is 5.75 Å². The number of ether oxygens (including phenoxy) is 1. The van der Waals surface area contributed by atoms with Crippen LogP contribution in [0.1, 0.15) is 29.5 Å². The Morgan fingerprint density at radius 1 is 1.33 bits per heavy atom. The summed E-state index contributed by atoms with van der Waals surface area (Å²) in [6.07, 6.45) is 2.01. The van der Waals surface area contributed by atoms with Crippen LogP contribution in [0.25, 0.3) is 0 Å². The van der Waals surface area contributed by atoms with E-state index in [1.54, 1.807) is 24.1 Å². The third-order valence-corrected chi connectivity index (χ3v) is 3.98. The molecule has 126 valence electrons. The Labute approximate surface area is 140 Å². The zero-order valence-corrected chi connectivity index (χ0v) is 13.8. The number of oxime groups is 1. The molecule has 1 aromatic carbocycles. The van der Waals surface area contributed by atoms with Gasteiger partial charge in [-0.3, -0.25) is 4.79 Å². The normalized spacial score (nSPS) is 16.4. The second-order valence-electron chi connectivity index (χ2n) is 5.52. The first-order chi connectivity index (χ1) is 11.7. The van der Waals surface area contributed by atoms with Gasteiger partial charge in [-0.15, -0.1) is 0 Å². The van der Waals surface area contributed by atoms with Gasteiger partial charge in [0.15, 0.2) is 11.9 Å². The van der Waals surface area contributed by atoms with Crippen molar-refractivity contribution in [3.63, 3.8) is 0 Å². The van der Waals surface area contributed by atoms with Gasteiger partial charge in [0.2, 0.25) is 0 Å². The van der Waals surface area contributed by atoms with Gasteiger partial charge < -0.3 is 18.9 Å². The molecular weight excluding hydrogens is 308 g/mol. The lowest BCUT2D eigenvalue weighted by molar-refractivity contribution is 0.0418. The van der Waals surface area contributed by atoms with E-state index in [0.717, 1.165) is 17.0 Å². The van der Waals surface area contributed by atoms with E-state index in [2.05, 4.69) is 5.16 Å². The van der Waals surface area contributed by atoms with Gasteiger partial charge in [-0.1, -0.05) is 5.16 Å². The summed E-state index contributed by atoms with van der Waals surface area (Å²) in [7, 11) is 1.64. The number of hydrogen-bond donors (Lipinski definition) is 0. The van der Waals surface area contributed by atoms with E-state index in [9.17, 15) is 4.79 Å². The molecule has 1 unspecified atom stereocenters. The number of benzene rings is 1. The first-order valence-electron chi connectivity index (χ1n) is 7.91. The molecule has 0 bridgehead atoms. The highest BCUT2D eigenvalue weighted by atomic mass is 16.6. The van der Waals surface area contributed by atoms with Crippen molar-refractivity contribution in [1.29, 1.82) is 0 Å². The molecule has 1 aliphatic rings. The minimum atomic E-state index is -0.152. The van der Waals surface area contributed by atoms with Crippen LogP contribution < -0.4 is 4.74 Å². The monoisotopic (exact) mass is 328 g/mol. The zero-order valence-electron chi connectivity index (χ0n) is 13.8. The molecule has 0 N–H and O–H groups in total. The number of carbonyl (C=O) groups excluding carboxylic acids is 1. The fourth-order valence-corrected chi connectivity index (χ4v) is 2.64. The SMILES string of the molecule is CCN(CC1CC(c2ccc(OC)cc2)=NO1)C(=O)c1ccco1. The quantitative estimate of drug-likeness (QED) is 0.818. The predicted octanol–water partition coefficient (Wildman–Crippen LogP) is 2.94. The molecule has 24 heavy (non-hydrogen) atoms. The molecule has 1 aliphatic heterocycles. The van der Waals surface area contributed by atoms with Crippen LogP contribution in [0.3, 0.4) is 0 Å². The van der Waals surface area contributed by atoms with Gasteiger partial charge in [0.1, 0.15) is 5.75 Å². The Morgan fingerprint density at radius 2 is 2.12 bits per heavy atom. The summed E-state index contributed by atoms with van der Waals surface area (Å²) in [6.45, 7) is 2.98. The van der Waals surface area contributed by atoms with Crippen molar-refractivity contribution in [2.24, 2.45) is 5.16 Å². The van der Waals surface area contributed by atoms with Crippen molar-refractivity contribution in [2.75, 3.05) is 20.2 Å². The van der Waals surface area contributed by atoms with E-state index in [1.807, 2.05) is 31.2 Å². The smallest absolute Gasteiger partial charge is 0.289 e. The number of amides is 1. The molecule has 0 fully saturated rings. The number of methoxy groups -OCH3 is 1. The zero-order chi connectivity index (χ0) is 16.9. The molecule has 0 spiro atoms. The molecule has 1 amide bonds. The topological polar surface area (TPSA) is 64.3 Å². The van der Waals surface area contributed by atoms with Gasteiger partial charge >= 0.3 is 0 Å². The molecule has 6 nitrogen and oxygen atoms in total. The molecule has 0 saturated carbocycles. The highest BCUT2D eigenvalue weighted by Crippen LogP contribution is 2.20. The number of carbonyl (C=O) groups is 1. The molecule has 3 rings (SSSR count). The van der Waals surface area contributed by atoms with Gasteiger partial charge in [0.05, 0.1) is 25.6 Å². The molecule has 1 atom stereocenters. The Morgan fingerprint density at radius 3 is 2.75 bits per heavy atom. The predicted molar refractivity (Wildman–Crippen MR) is 89.3 cm³/mol. The van der Waals surface area contributed by atoms with E-state index in [0.29, 0.717) is 25.3 Å². The van der Waals surface area contributed by atoms with E-state index in [-0.39, 0.29) is 12.0 Å². The lowest BCUT2D eigenvalue weighted by atomic mass is 10.0. The molecule has 6 heteroatoms. The summed E-state index contributed by atoms with van der Waals surface area (Å²) in [5.74, 6) is 1.01. The van der Waals surface area contributed by atoms with Crippen LogP contribution in [0, 0.1) is 0 Å². The Kier molecular flexibility index (Phi) is 4.84. The average molecular weight is 328 g/mol. The maximum absolute atomic E-state index is 12.4. The van der Waals surface area contributed by atoms with Crippen molar-refractivity contribution < 1.29 is 18.8 Å². The number of nitrogens with zero attached hydrogens (tertiary/aromatic N) is 2. The maximum atomic E-state index is 12.4. The minimum absolute atomic E-state index is 0.135. The second-order valence-corrected chi connectivity index (χ2v) is 5.52. The summed E-state index contributed by atoms with van der Waals surface area (Å²) >= 11 is 0. The number of hydrogen-bond acceptors (Lipinski definition) is 5. The van der Waals surface area contributed by atoms with Gasteiger partial charge in [-0.2, -0.15) is 0 Å². The van der Waals surface area contributed by atoms with Gasteiger partial charge in [-0.05, 0) is 48.9 Å². The van der Waals surface area contributed by atoms with E-state index in [1.165, 1.54) is 6.26 Å². The molecule has 2 heterocycles. The minimum Gasteiger partial charge on any atom is -0.497 e. The van der Waals surface area contributed by atoms with Crippen LogP contribution in [0.4, 0.5) is 0 Å². The molecule has 2 aromatic rings. The lowest BCUT2D eigenvalue weighted by Crippen LogP contribution is -2.37. The summed E-state index contributed by atoms with van der Waals surface area (Å²) in [5, 5.41) is 4.17. The number of furan rings is 1. The van der Waals surface area contributed by atoms with Crippen molar-refractivity contribution in [2.45, 2.75) is 19.4 Å². The molecular formula is C18H20N2O4. The van der Waals surface area contributed by atoms with Crippen LogP contribution in [-0.4, -0.2) is 42.8 Å². The first kappa shape index (κ1) is 16.1. The number of rotatable bonds is 6. The van der Waals surface area contributed by atoms with Crippen LogP contribution in [-0.2, 0) is 4.84 Å². The van der Waals surface area contributed by atoms with Gasteiger partial charge in [0.25, 0.3) is 5.91 Å². The van der Waals surface area contributed by atoms with Gasteiger partial charge in [0, 0.05) is 13.0 Å². The van der Waals surface area contributed by atoms with E-state index < -0.39 is 0 Å². The summed E-state index contributed by atoms with van der Waals surface area (Å²) < 4.78 is 10.3. The maximum Gasteiger partial charge on any atom is 0.289 e. The molecule has 0 radical (unpaired) electrons. The highest BCUT2D eigenvalue weighted by molar-refractivity contribution is 6.01. The van der Waals surface area contributed by atoms with E-state index >= 15 is 0 Å². The fraction of sp³-hybridized carbons (Fsp3) is 0.333. The standard InChI is InChI=1S/C18H20N2O4/c1-3-20(18(21)17-5-4-10-23-17)12-15-11-16(19-24-15)13-6-8-14(22-2)9-7-13/h4-10,15H,3,11-12H2,1-2H3. The molecule has 1 aromatic heterocycles. The number of likely N-dealkylation sites (N-methyl/N-ethyl adjacent to an activating group) is 1. The fourth-order valence-electron chi connectivity index (χ4n) is 2.64. The highest BCUT2D eigenvalue weighted by Gasteiger charge is 2.27. The van der Waals surface area contributed by atoms with Crippen molar-refractivity contribution in [3.05, 3.63) is 54.0 Å². The molecule has 0 saturated heterocycles. The molecule has 0 aliphatic carbocycles. The van der Waals surface area contributed by atoms with Crippen LogP contribution in [0.15, 0.2) is 52.2 Å². The van der Waals surface area contributed by atoms with E-state index in [4.69, 9.17) is 14.0 Å². The third kappa shape index (κ3) is 3.42. The van der Waals surface area contributed by atoms with Crippen LogP contribution >= 0.6 is 0 Å². The summed E-state index contributed by atoms with van der Waals surface area (Å²) in [4.78, 5) is 19.6. The van der Waals surface area contributed by atoms with Crippen molar-refractivity contribution in [1.82, 2.24) is 4.90 Å². The van der Waals surface area contributed by atoms with Crippen molar-refractivity contribution >= 4 is 11.6 Å². The summed E-state index contributed by atoms with van der Waals surface area (Å²) in [5.41, 5.74) is 1.88. The first-order valence-corrected chi connectivity index (χ1v) is 7.91.